The van der Waals surface area contributed by atoms with Gasteiger partial charge in [0, 0.05) is 23.5 Å². The molecule has 1 aliphatic heterocycles. The zero-order chi connectivity index (χ0) is 24.2. The van der Waals surface area contributed by atoms with Gasteiger partial charge < -0.3 is 15.0 Å². The van der Waals surface area contributed by atoms with E-state index in [2.05, 4.69) is 83.0 Å². The zero-order valence-electron chi connectivity index (χ0n) is 20.1. The quantitative estimate of drug-likeness (QED) is 0.413. The third kappa shape index (κ3) is 3.61. The Balaban J connectivity index is 1.24. The van der Waals surface area contributed by atoms with Crippen molar-refractivity contribution in [2.24, 2.45) is 0 Å². The molecule has 6 rings (SSSR count). The number of anilines is 1. The van der Waals surface area contributed by atoms with Gasteiger partial charge in [0.2, 0.25) is 5.91 Å². The summed E-state index contributed by atoms with van der Waals surface area (Å²) in [5, 5.41) is 11.8. The molecule has 3 aromatic carbocycles. The minimum atomic E-state index is -0.501. The molecule has 6 nitrogen and oxygen atoms in total. The topological polar surface area (TPSA) is 70.2 Å². The normalized spacial score (nSPS) is 20.7. The third-order valence-corrected chi connectivity index (χ3v) is 7.25. The number of hydrogen-bond donors (Lipinski definition) is 2. The number of aromatic amines is 1. The van der Waals surface area contributed by atoms with Crippen molar-refractivity contribution in [2.75, 3.05) is 26.5 Å². The molecule has 176 valence electrons. The molecule has 2 N–H and O–H groups in total. The number of hydrogen-bond acceptors (Lipinski definition) is 4. The van der Waals surface area contributed by atoms with E-state index in [0.29, 0.717) is 0 Å². The fourth-order valence-electron chi connectivity index (χ4n) is 5.38. The standard InChI is InChI=1S/C29H28N4O2/c1-33(2)17-19-6-4-18(5-7-19)8-12-25-22-11-9-20(14-27(22)32-31-25)24-16-29(24)23-15-21(35-3)10-13-26(23)30-28(29)34/h4-15,24H,16-17H2,1-3H3,(H,30,34)(H,31,32)/b12-8+. The summed E-state index contributed by atoms with van der Waals surface area (Å²) >= 11 is 0. The van der Waals surface area contributed by atoms with Gasteiger partial charge in [-0.05, 0) is 73.1 Å². The first-order valence-electron chi connectivity index (χ1n) is 11.9. The maximum absolute atomic E-state index is 13.0. The van der Waals surface area contributed by atoms with Gasteiger partial charge in [-0.15, -0.1) is 0 Å². The maximum Gasteiger partial charge on any atom is 0.235 e. The van der Waals surface area contributed by atoms with Gasteiger partial charge in [-0.3, -0.25) is 9.89 Å². The average molecular weight is 465 g/mol. The lowest BCUT2D eigenvalue weighted by Crippen LogP contribution is -2.21. The van der Waals surface area contributed by atoms with E-state index in [1.165, 1.54) is 5.56 Å². The molecular weight excluding hydrogens is 436 g/mol. The number of carbonyl (C=O) groups excluding carboxylic acids is 1. The summed E-state index contributed by atoms with van der Waals surface area (Å²) in [5.41, 5.74) is 6.90. The van der Waals surface area contributed by atoms with Gasteiger partial charge in [-0.1, -0.05) is 42.5 Å². The molecule has 2 atom stereocenters. The molecule has 0 saturated heterocycles. The highest BCUT2D eigenvalue weighted by molar-refractivity contribution is 6.10. The number of aromatic nitrogens is 2. The van der Waals surface area contributed by atoms with Crippen LogP contribution in [0.2, 0.25) is 0 Å². The second kappa shape index (κ2) is 8.10. The Morgan fingerprint density at radius 1 is 1.09 bits per heavy atom. The Morgan fingerprint density at radius 3 is 2.69 bits per heavy atom. The largest absolute Gasteiger partial charge is 0.497 e. The van der Waals surface area contributed by atoms with Crippen LogP contribution < -0.4 is 10.1 Å². The Morgan fingerprint density at radius 2 is 1.91 bits per heavy atom. The van der Waals surface area contributed by atoms with Crippen molar-refractivity contribution in [3.8, 4) is 5.75 Å². The van der Waals surface area contributed by atoms with Crippen molar-refractivity contribution < 1.29 is 9.53 Å². The first-order valence-corrected chi connectivity index (χ1v) is 11.9. The second-order valence-electron chi connectivity index (χ2n) is 9.82. The lowest BCUT2D eigenvalue weighted by Gasteiger charge is -2.10. The molecule has 1 aliphatic carbocycles. The molecule has 1 aromatic heterocycles. The monoisotopic (exact) mass is 464 g/mol. The fourth-order valence-corrected chi connectivity index (χ4v) is 5.38. The summed E-state index contributed by atoms with van der Waals surface area (Å²) in [6.45, 7) is 0.930. The fraction of sp³-hybridized carbons (Fsp3) is 0.241. The smallest absolute Gasteiger partial charge is 0.235 e. The van der Waals surface area contributed by atoms with Crippen LogP contribution in [0.15, 0.2) is 60.7 Å². The van der Waals surface area contributed by atoms with Crippen molar-refractivity contribution in [1.29, 1.82) is 0 Å². The van der Waals surface area contributed by atoms with Gasteiger partial charge in [-0.2, -0.15) is 5.10 Å². The number of fused-ring (bicyclic) bond motifs is 3. The highest BCUT2D eigenvalue weighted by Crippen LogP contribution is 2.65. The number of nitrogens with zero attached hydrogens (tertiary/aromatic N) is 2. The summed E-state index contributed by atoms with van der Waals surface area (Å²) in [4.78, 5) is 15.1. The Kier molecular flexibility index (Phi) is 5.00. The van der Waals surface area contributed by atoms with Crippen LogP contribution in [0.1, 0.15) is 40.3 Å². The predicted molar refractivity (Wildman–Crippen MR) is 140 cm³/mol. The second-order valence-corrected chi connectivity index (χ2v) is 9.82. The number of rotatable bonds is 6. The van der Waals surface area contributed by atoms with Crippen LogP contribution in [0.5, 0.6) is 5.75 Å². The van der Waals surface area contributed by atoms with Crippen LogP contribution >= 0.6 is 0 Å². The molecule has 0 bridgehead atoms. The summed E-state index contributed by atoms with van der Waals surface area (Å²) in [6.07, 6.45) is 4.94. The number of benzene rings is 3. The summed E-state index contributed by atoms with van der Waals surface area (Å²) in [6, 6.07) is 20.8. The van der Waals surface area contributed by atoms with E-state index < -0.39 is 5.41 Å². The molecule has 1 spiro atoms. The van der Waals surface area contributed by atoms with Crippen molar-refractivity contribution in [3.05, 3.63) is 88.6 Å². The van der Waals surface area contributed by atoms with Crippen LogP contribution in [-0.4, -0.2) is 42.2 Å². The SMILES string of the molecule is COc1ccc2c(c1)C1(CC1c1ccc3c(/C=C/c4ccc(CN(C)C)cc4)n[nH]c3c1)C(=O)N2. The van der Waals surface area contributed by atoms with Crippen LogP contribution in [0.4, 0.5) is 5.69 Å². The number of nitrogens with one attached hydrogen (secondary N) is 2. The zero-order valence-corrected chi connectivity index (χ0v) is 20.1. The van der Waals surface area contributed by atoms with E-state index in [-0.39, 0.29) is 11.8 Å². The Hall–Kier alpha value is -3.90. The third-order valence-electron chi connectivity index (χ3n) is 7.25. The number of amides is 1. The Labute approximate surface area is 204 Å². The molecule has 4 aromatic rings. The first kappa shape index (κ1) is 21.6. The lowest BCUT2D eigenvalue weighted by atomic mass is 9.91. The van der Waals surface area contributed by atoms with Crippen LogP contribution in [0.3, 0.4) is 0 Å². The van der Waals surface area contributed by atoms with Crippen LogP contribution in [0, 0.1) is 0 Å². The maximum atomic E-state index is 13.0. The van der Waals surface area contributed by atoms with E-state index in [4.69, 9.17) is 4.74 Å². The number of H-pyrrole nitrogens is 1. The molecular formula is C29H28N4O2. The van der Waals surface area contributed by atoms with Gasteiger partial charge >= 0.3 is 0 Å². The molecule has 2 heterocycles. The number of carbonyl (C=O) groups is 1. The minimum Gasteiger partial charge on any atom is -0.497 e. The van der Waals surface area contributed by atoms with E-state index in [9.17, 15) is 4.79 Å². The highest BCUT2D eigenvalue weighted by Gasteiger charge is 2.65. The van der Waals surface area contributed by atoms with E-state index in [1.54, 1.807) is 7.11 Å². The Bertz CT molecular complexity index is 1470. The predicted octanol–water partition coefficient (Wildman–Crippen LogP) is 5.18. The molecule has 1 saturated carbocycles. The average Bonchev–Trinajstić information content (AvgIpc) is 3.40. The van der Waals surface area contributed by atoms with Gasteiger partial charge in [0.25, 0.3) is 0 Å². The van der Waals surface area contributed by atoms with Gasteiger partial charge in [0.05, 0.1) is 23.7 Å². The van der Waals surface area contributed by atoms with Gasteiger partial charge in [-0.25, -0.2) is 0 Å². The van der Waals surface area contributed by atoms with Crippen LogP contribution in [-0.2, 0) is 16.8 Å². The van der Waals surface area contributed by atoms with Crippen molar-refractivity contribution >= 4 is 34.6 Å². The van der Waals surface area contributed by atoms with Crippen LogP contribution in [0.25, 0.3) is 23.1 Å². The van der Waals surface area contributed by atoms with Crippen molar-refractivity contribution in [2.45, 2.75) is 24.3 Å². The molecule has 0 radical (unpaired) electrons. The van der Waals surface area contributed by atoms with E-state index >= 15 is 0 Å². The van der Waals surface area contributed by atoms with E-state index in [0.717, 1.165) is 57.7 Å². The summed E-state index contributed by atoms with van der Waals surface area (Å²) < 4.78 is 5.41. The molecule has 35 heavy (non-hydrogen) atoms. The first-order chi connectivity index (χ1) is 17.0. The molecule has 6 heteroatoms. The van der Waals surface area contributed by atoms with Gasteiger partial charge in [0.15, 0.2) is 0 Å². The molecule has 1 fully saturated rings. The highest BCUT2D eigenvalue weighted by atomic mass is 16.5. The number of methoxy groups -OCH3 is 1. The van der Waals surface area contributed by atoms with E-state index in [1.807, 2.05) is 24.3 Å². The van der Waals surface area contributed by atoms with Crippen molar-refractivity contribution in [1.82, 2.24) is 15.1 Å². The molecule has 2 aliphatic rings. The number of ether oxygens (including phenoxy) is 1. The summed E-state index contributed by atoms with van der Waals surface area (Å²) in [5.74, 6) is 0.997. The molecule has 1 amide bonds. The van der Waals surface area contributed by atoms with Gasteiger partial charge in [0.1, 0.15) is 5.75 Å². The van der Waals surface area contributed by atoms with Crippen molar-refractivity contribution in [3.63, 3.8) is 0 Å². The minimum absolute atomic E-state index is 0.0793. The summed E-state index contributed by atoms with van der Waals surface area (Å²) in [7, 11) is 5.80. The lowest BCUT2D eigenvalue weighted by molar-refractivity contribution is -0.118. The molecule has 2 unspecified atom stereocenters.